The first-order valence-corrected chi connectivity index (χ1v) is 13.1. The van der Waals surface area contributed by atoms with Gasteiger partial charge >= 0.3 is 0 Å². The van der Waals surface area contributed by atoms with Crippen molar-refractivity contribution in [2.45, 2.75) is 59.7 Å². The molecule has 0 aliphatic rings. The molecule has 9 heteroatoms. The van der Waals surface area contributed by atoms with Gasteiger partial charge in [0.05, 0.1) is 11.9 Å². The van der Waals surface area contributed by atoms with Crippen LogP contribution in [-0.2, 0) is 26.2 Å². The van der Waals surface area contributed by atoms with Crippen molar-refractivity contribution in [2.24, 2.45) is 0 Å². The topological polar surface area (TPSA) is 86.8 Å². The normalized spacial score (nSPS) is 13.1. The molecular weight excluding hydrogens is 457 g/mol. The van der Waals surface area contributed by atoms with Crippen LogP contribution < -0.4 is 9.62 Å². The molecule has 0 unspecified atom stereocenters. The van der Waals surface area contributed by atoms with Gasteiger partial charge in [-0.1, -0.05) is 37.3 Å². The average Bonchev–Trinajstić information content (AvgIpc) is 2.77. The number of nitrogens with one attached hydrogen (secondary N) is 1. The molecule has 34 heavy (non-hydrogen) atoms. The van der Waals surface area contributed by atoms with Gasteiger partial charge in [0.2, 0.25) is 21.8 Å². The van der Waals surface area contributed by atoms with E-state index in [1.54, 1.807) is 32.0 Å². The third kappa shape index (κ3) is 6.79. The molecule has 0 saturated heterocycles. The van der Waals surface area contributed by atoms with Gasteiger partial charge in [-0.15, -0.1) is 0 Å². The summed E-state index contributed by atoms with van der Waals surface area (Å²) in [6.07, 6.45) is 1.73. The lowest BCUT2D eigenvalue weighted by atomic mass is 10.1. The molecule has 0 fully saturated rings. The summed E-state index contributed by atoms with van der Waals surface area (Å²) >= 11 is 0. The van der Waals surface area contributed by atoms with Crippen molar-refractivity contribution in [1.82, 2.24) is 10.2 Å². The van der Waals surface area contributed by atoms with Crippen LogP contribution in [0, 0.1) is 19.7 Å². The number of carbonyl (C=O) groups is 2. The highest BCUT2D eigenvalue weighted by Gasteiger charge is 2.31. The van der Waals surface area contributed by atoms with Crippen LogP contribution >= 0.6 is 0 Å². The molecule has 0 aliphatic heterocycles. The van der Waals surface area contributed by atoms with E-state index in [1.165, 1.54) is 23.1 Å². The number of hydrogen-bond donors (Lipinski definition) is 1. The minimum atomic E-state index is -3.82. The fraction of sp³-hybridized carbons (Fsp3) is 0.440. The van der Waals surface area contributed by atoms with E-state index >= 15 is 0 Å². The highest BCUT2D eigenvalue weighted by molar-refractivity contribution is 7.92. The maximum absolute atomic E-state index is 14.4. The van der Waals surface area contributed by atoms with Crippen molar-refractivity contribution in [1.29, 1.82) is 0 Å². The fourth-order valence-electron chi connectivity index (χ4n) is 3.46. The molecular formula is C25H34FN3O4S. The van der Waals surface area contributed by atoms with Gasteiger partial charge in [-0.2, -0.15) is 0 Å². The molecule has 0 bridgehead atoms. The Labute approximate surface area is 202 Å². The molecule has 1 N–H and O–H groups in total. The van der Waals surface area contributed by atoms with Gasteiger partial charge in [0, 0.05) is 18.2 Å². The Kier molecular flexibility index (Phi) is 9.21. The monoisotopic (exact) mass is 491 g/mol. The highest BCUT2D eigenvalue weighted by atomic mass is 32.2. The molecule has 0 aliphatic carbocycles. The first-order chi connectivity index (χ1) is 15.9. The number of sulfonamides is 1. The van der Waals surface area contributed by atoms with E-state index in [-0.39, 0.29) is 18.2 Å². The zero-order chi connectivity index (χ0) is 25.6. The van der Waals surface area contributed by atoms with Gasteiger partial charge in [-0.05, 0) is 57.4 Å². The molecule has 0 aromatic heterocycles. The van der Waals surface area contributed by atoms with Crippen molar-refractivity contribution in [3.8, 4) is 0 Å². The third-order valence-electron chi connectivity index (χ3n) is 5.99. The minimum Gasteiger partial charge on any atom is -0.352 e. The van der Waals surface area contributed by atoms with Crippen LogP contribution in [0.4, 0.5) is 10.1 Å². The lowest BCUT2D eigenvalue weighted by molar-refractivity contribution is -0.139. The Hall–Kier alpha value is -2.94. The molecule has 0 saturated carbocycles. The second-order valence-corrected chi connectivity index (χ2v) is 10.5. The lowest BCUT2D eigenvalue weighted by Gasteiger charge is -2.32. The van der Waals surface area contributed by atoms with Gasteiger partial charge in [-0.3, -0.25) is 13.9 Å². The van der Waals surface area contributed by atoms with E-state index in [9.17, 15) is 22.4 Å². The SMILES string of the molecule is CC[C@H](C)NC(=O)[C@H](C)N(Cc1ccccc1F)C(=O)CN(c1cccc(C)c1C)S(C)(=O)=O. The van der Waals surface area contributed by atoms with Crippen LogP contribution in [0.25, 0.3) is 0 Å². The lowest BCUT2D eigenvalue weighted by Crippen LogP contribution is -2.52. The number of aryl methyl sites for hydroxylation is 1. The highest BCUT2D eigenvalue weighted by Crippen LogP contribution is 2.25. The maximum Gasteiger partial charge on any atom is 0.244 e. The Balaban J connectivity index is 2.45. The number of carbonyl (C=O) groups excluding carboxylic acids is 2. The van der Waals surface area contributed by atoms with Crippen LogP contribution in [0.2, 0.25) is 0 Å². The molecule has 0 spiro atoms. The molecule has 2 aromatic carbocycles. The van der Waals surface area contributed by atoms with Gasteiger partial charge in [-0.25, -0.2) is 12.8 Å². The number of anilines is 1. The second kappa shape index (κ2) is 11.5. The summed E-state index contributed by atoms with van der Waals surface area (Å²) in [5, 5.41) is 2.84. The van der Waals surface area contributed by atoms with Crippen LogP contribution in [0.3, 0.4) is 0 Å². The van der Waals surface area contributed by atoms with Crippen molar-refractivity contribution < 1.29 is 22.4 Å². The maximum atomic E-state index is 14.4. The van der Waals surface area contributed by atoms with Gasteiger partial charge in [0.25, 0.3) is 0 Å². The summed E-state index contributed by atoms with van der Waals surface area (Å²) in [5.41, 5.74) is 2.22. The summed E-state index contributed by atoms with van der Waals surface area (Å²) < 4.78 is 40.8. The zero-order valence-corrected chi connectivity index (χ0v) is 21.4. The molecule has 0 radical (unpaired) electrons. The van der Waals surface area contributed by atoms with E-state index in [2.05, 4.69) is 5.32 Å². The molecule has 2 aromatic rings. The average molecular weight is 492 g/mol. The quantitative estimate of drug-likeness (QED) is 0.551. The standard InChI is InChI=1S/C25H34FN3O4S/c1-7-18(3)27-25(31)20(5)28(15-21-12-8-9-13-22(21)26)24(30)16-29(34(6,32)33)23-14-10-11-17(2)19(23)4/h8-14,18,20H,7,15-16H2,1-6H3,(H,27,31)/t18-,20-/m0/s1. The number of benzene rings is 2. The number of nitrogens with zero attached hydrogens (tertiary/aromatic N) is 2. The van der Waals surface area contributed by atoms with Crippen molar-refractivity contribution in [2.75, 3.05) is 17.1 Å². The largest absolute Gasteiger partial charge is 0.352 e. The van der Waals surface area contributed by atoms with Crippen LogP contribution in [0.15, 0.2) is 42.5 Å². The van der Waals surface area contributed by atoms with E-state index < -0.39 is 40.2 Å². The van der Waals surface area contributed by atoms with Crippen molar-refractivity contribution >= 4 is 27.5 Å². The van der Waals surface area contributed by atoms with Crippen molar-refractivity contribution in [3.05, 3.63) is 65.0 Å². The predicted octanol–water partition coefficient (Wildman–Crippen LogP) is 3.54. The molecule has 7 nitrogen and oxygen atoms in total. The molecule has 2 rings (SSSR count). The minimum absolute atomic E-state index is 0.108. The third-order valence-corrected chi connectivity index (χ3v) is 7.12. The number of halogens is 1. The van der Waals surface area contributed by atoms with Crippen molar-refractivity contribution in [3.63, 3.8) is 0 Å². The Morgan fingerprint density at radius 3 is 2.29 bits per heavy atom. The summed E-state index contributed by atoms with van der Waals surface area (Å²) in [4.78, 5) is 27.6. The van der Waals surface area contributed by atoms with Crippen LogP contribution in [0.1, 0.15) is 43.9 Å². The first-order valence-electron chi connectivity index (χ1n) is 11.2. The summed E-state index contributed by atoms with van der Waals surface area (Å²) in [6, 6.07) is 10.2. The number of rotatable bonds is 10. The predicted molar refractivity (Wildman–Crippen MR) is 132 cm³/mol. The fourth-order valence-corrected chi connectivity index (χ4v) is 4.36. The molecule has 2 amide bonds. The molecule has 2 atom stereocenters. The zero-order valence-electron chi connectivity index (χ0n) is 20.6. The van der Waals surface area contributed by atoms with E-state index in [1.807, 2.05) is 26.8 Å². The van der Waals surface area contributed by atoms with Crippen LogP contribution in [-0.4, -0.2) is 50.0 Å². The summed E-state index contributed by atoms with van der Waals surface area (Å²) in [6.45, 7) is 8.27. The van der Waals surface area contributed by atoms with Gasteiger partial charge in [0.15, 0.2) is 0 Å². The van der Waals surface area contributed by atoms with Gasteiger partial charge < -0.3 is 10.2 Å². The van der Waals surface area contributed by atoms with E-state index in [0.717, 1.165) is 21.7 Å². The second-order valence-electron chi connectivity index (χ2n) is 8.60. The summed E-state index contributed by atoms with van der Waals surface area (Å²) in [5.74, 6) is -1.51. The Morgan fingerprint density at radius 1 is 1.06 bits per heavy atom. The number of amides is 2. The van der Waals surface area contributed by atoms with Crippen LogP contribution in [0.5, 0.6) is 0 Å². The first kappa shape index (κ1) is 27.3. The Morgan fingerprint density at radius 2 is 1.71 bits per heavy atom. The molecule has 186 valence electrons. The van der Waals surface area contributed by atoms with E-state index in [4.69, 9.17) is 0 Å². The smallest absolute Gasteiger partial charge is 0.244 e. The van der Waals surface area contributed by atoms with Gasteiger partial charge in [0.1, 0.15) is 18.4 Å². The van der Waals surface area contributed by atoms with E-state index in [0.29, 0.717) is 12.1 Å². The number of hydrogen-bond acceptors (Lipinski definition) is 4. The molecule has 0 heterocycles. The Bertz CT molecular complexity index is 1140. The summed E-state index contributed by atoms with van der Waals surface area (Å²) in [7, 11) is -3.82.